The van der Waals surface area contributed by atoms with Gasteiger partial charge in [-0.2, -0.15) is 13.2 Å². The summed E-state index contributed by atoms with van der Waals surface area (Å²) in [4.78, 5) is 4.22. The molecule has 1 aromatic carbocycles. The van der Waals surface area contributed by atoms with Gasteiger partial charge in [-0.3, -0.25) is 4.98 Å². The van der Waals surface area contributed by atoms with Gasteiger partial charge in [-0.05, 0) is 31.2 Å². The van der Waals surface area contributed by atoms with E-state index < -0.39 is 12.6 Å². The van der Waals surface area contributed by atoms with Crippen LogP contribution in [0.15, 0.2) is 36.5 Å². The Kier molecular flexibility index (Phi) is 4.04. The van der Waals surface area contributed by atoms with Crippen molar-refractivity contribution in [2.24, 2.45) is 0 Å². The Morgan fingerprint density at radius 3 is 2.68 bits per heavy atom. The number of halogens is 3. The molecule has 1 N–H and O–H groups in total. The average molecular weight is 268 g/mol. The summed E-state index contributed by atoms with van der Waals surface area (Å²) in [5.41, 5.74) is 1.66. The Labute approximate surface area is 109 Å². The topological polar surface area (TPSA) is 24.9 Å². The van der Waals surface area contributed by atoms with Gasteiger partial charge in [-0.1, -0.05) is 18.2 Å². The molecule has 2 aromatic rings. The summed E-state index contributed by atoms with van der Waals surface area (Å²) in [6.07, 6.45) is -3.22. The lowest BCUT2D eigenvalue weighted by Crippen LogP contribution is -2.20. The summed E-state index contributed by atoms with van der Waals surface area (Å²) in [6, 6.07) is 8.88. The van der Waals surface area contributed by atoms with E-state index in [0.717, 1.165) is 16.5 Å². The number of hydrogen-bond donors (Lipinski definition) is 1. The maximum Gasteiger partial charge on any atom is 0.389 e. The monoisotopic (exact) mass is 268 g/mol. The van der Waals surface area contributed by atoms with Crippen molar-refractivity contribution >= 4 is 10.9 Å². The highest BCUT2D eigenvalue weighted by atomic mass is 19.4. The van der Waals surface area contributed by atoms with Gasteiger partial charge < -0.3 is 5.32 Å². The molecule has 0 saturated heterocycles. The fourth-order valence-corrected chi connectivity index (χ4v) is 2.19. The summed E-state index contributed by atoms with van der Waals surface area (Å²) in [5, 5.41) is 3.85. The van der Waals surface area contributed by atoms with Crippen molar-refractivity contribution in [3.05, 3.63) is 42.1 Å². The van der Waals surface area contributed by atoms with E-state index in [1.54, 1.807) is 19.3 Å². The lowest BCUT2D eigenvalue weighted by Gasteiger charge is -2.19. The summed E-state index contributed by atoms with van der Waals surface area (Å²) in [7, 11) is 1.68. The van der Waals surface area contributed by atoms with Crippen molar-refractivity contribution in [3.8, 4) is 0 Å². The molecular formula is C14H15F3N2. The molecule has 1 unspecified atom stereocenters. The molecule has 0 bridgehead atoms. The number of alkyl halides is 3. The predicted octanol–water partition coefficient (Wildman–Crippen LogP) is 3.84. The Morgan fingerprint density at radius 1 is 1.21 bits per heavy atom. The van der Waals surface area contributed by atoms with Gasteiger partial charge in [0.2, 0.25) is 0 Å². The summed E-state index contributed by atoms with van der Waals surface area (Å²) >= 11 is 0. The Hall–Kier alpha value is -1.62. The number of pyridine rings is 1. The van der Waals surface area contributed by atoms with Gasteiger partial charge in [0.25, 0.3) is 0 Å². The SMILES string of the molecule is CNC(CCC(F)(F)F)c1cccc2ncccc12. The summed E-state index contributed by atoms with van der Waals surface area (Å²) in [5.74, 6) is 0. The molecule has 0 saturated carbocycles. The second kappa shape index (κ2) is 5.57. The van der Waals surface area contributed by atoms with Crippen molar-refractivity contribution in [2.45, 2.75) is 25.1 Å². The van der Waals surface area contributed by atoms with Crippen LogP contribution >= 0.6 is 0 Å². The molecule has 0 spiro atoms. The standard InChI is InChI=1S/C14H15F3N2/c1-18-12(7-8-14(15,16)17)10-4-2-6-13-11(10)5-3-9-19-13/h2-6,9,12,18H,7-8H2,1H3. The maximum absolute atomic E-state index is 12.3. The van der Waals surface area contributed by atoms with Crippen molar-refractivity contribution < 1.29 is 13.2 Å². The Balaban J connectivity index is 2.30. The van der Waals surface area contributed by atoms with Gasteiger partial charge in [0.1, 0.15) is 0 Å². The van der Waals surface area contributed by atoms with Crippen molar-refractivity contribution in [3.63, 3.8) is 0 Å². The highest BCUT2D eigenvalue weighted by Crippen LogP contribution is 2.30. The molecular weight excluding hydrogens is 253 g/mol. The van der Waals surface area contributed by atoms with Gasteiger partial charge in [0.05, 0.1) is 5.52 Å². The van der Waals surface area contributed by atoms with E-state index in [2.05, 4.69) is 10.3 Å². The quantitative estimate of drug-likeness (QED) is 0.911. The number of nitrogens with one attached hydrogen (secondary N) is 1. The molecule has 2 nitrogen and oxygen atoms in total. The Morgan fingerprint density at radius 2 is 2.00 bits per heavy atom. The van der Waals surface area contributed by atoms with Crippen LogP contribution in [-0.4, -0.2) is 18.2 Å². The van der Waals surface area contributed by atoms with Gasteiger partial charge in [0, 0.05) is 24.0 Å². The van der Waals surface area contributed by atoms with E-state index >= 15 is 0 Å². The smallest absolute Gasteiger partial charge is 0.313 e. The number of fused-ring (bicyclic) bond motifs is 1. The third kappa shape index (κ3) is 3.44. The highest BCUT2D eigenvalue weighted by molar-refractivity contribution is 5.82. The molecule has 1 aromatic heterocycles. The van der Waals surface area contributed by atoms with Crippen LogP contribution in [0, 0.1) is 0 Å². The third-order valence-electron chi connectivity index (χ3n) is 3.12. The minimum Gasteiger partial charge on any atom is -0.313 e. The highest BCUT2D eigenvalue weighted by Gasteiger charge is 2.28. The molecule has 1 heterocycles. The van der Waals surface area contributed by atoms with Crippen LogP contribution in [0.1, 0.15) is 24.4 Å². The zero-order valence-corrected chi connectivity index (χ0v) is 10.5. The normalized spacial score (nSPS) is 13.7. The van der Waals surface area contributed by atoms with Gasteiger partial charge in [-0.25, -0.2) is 0 Å². The number of hydrogen-bond acceptors (Lipinski definition) is 2. The van der Waals surface area contributed by atoms with Crippen molar-refractivity contribution in [2.75, 3.05) is 7.05 Å². The first-order valence-electron chi connectivity index (χ1n) is 6.09. The van der Waals surface area contributed by atoms with Gasteiger partial charge in [0.15, 0.2) is 0 Å². The molecule has 0 radical (unpaired) electrons. The zero-order chi connectivity index (χ0) is 13.9. The summed E-state index contributed by atoms with van der Waals surface area (Å²) in [6.45, 7) is 0. The second-order valence-electron chi connectivity index (χ2n) is 4.41. The lowest BCUT2D eigenvalue weighted by molar-refractivity contribution is -0.136. The minimum atomic E-state index is -4.13. The van der Waals surface area contributed by atoms with Crippen LogP contribution in [0.4, 0.5) is 13.2 Å². The predicted molar refractivity (Wildman–Crippen MR) is 68.8 cm³/mol. The molecule has 0 aliphatic carbocycles. The van der Waals surface area contributed by atoms with E-state index in [4.69, 9.17) is 0 Å². The van der Waals surface area contributed by atoms with Crippen LogP contribution < -0.4 is 5.32 Å². The number of rotatable bonds is 4. The van der Waals surface area contributed by atoms with Crippen molar-refractivity contribution in [1.29, 1.82) is 0 Å². The van der Waals surface area contributed by atoms with Gasteiger partial charge >= 0.3 is 6.18 Å². The van der Waals surface area contributed by atoms with E-state index in [9.17, 15) is 13.2 Å². The van der Waals surface area contributed by atoms with Crippen LogP contribution in [0.5, 0.6) is 0 Å². The van der Waals surface area contributed by atoms with Gasteiger partial charge in [-0.15, -0.1) is 0 Å². The second-order valence-corrected chi connectivity index (χ2v) is 4.41. The maximum atomic E-state index is 12.3. The number of benzene rings is 1. The number of aromatic nitrogens is 1. The molecule has 0 aliphatic heterocycles. The Bertz CT molecular complexity index is 546. The largest absolute Gasteiger partial charge is 0.389 e. The molecule has 0 fully saturated rings. The summed E-state index contributed by atoms with van der Waals surface area (Å²) < 4.78 is 37.0. The molecule has 19 heavy (non-hydrogen) atoms. The molecule has 2 rings (SSSR count). The van der Waals surface area contributed by atoms with Crippen LogP contribution in [0.3, 0.4) is 0 Å². The minimum absolute atomic E-state index is 0.0218. The zero-order valence-electron chi connectivity index (χ0n) is 10.5. The first kappa shape index (κ1) is 13.8. The lowest BCUT2D eigenvalue weighted by atomic mass is 9.97. The van der Waals surface area contributed by atoms with E-state index in [1.807, 2.05) is 24.3 Å². The third-order valence-corrected chi connectivity index (χ3v) is 3.12. The average Bonchev–Trinajstić information content (AvgIpc) is 2.38. The van der Waals surface area contributed by atoms with Crippen LogP contribution in [0.25, 0.3) is 10.9 Å². The fraction of sp³-hybridized carbons (Fsp3) is 0.357. The molecule has 5 heteroatoms. The first-order valence-corrected chi connectivity index (χ1v) is 6.09. The number of nitrogens with zero attached hydrogens (tertiary/aromatic N) is 1. The molecule has 0 aliphatic rings. The first-order chi connectivity index (χ1) is 9.01. The fourth-order valence-electron chi connectivity index (χ4n) is 2.19. The molecule has 0 amide bonds. The van der Waals surface area contributed by atoms with Crippen LogP contribution in [-0.2, 0) is 0 Å². The molecule has 1 atom stereocenters. The van der Waals surface area contributed by atoms with E-state index in [1.165, 1.54) is 0 Å². The van der Waals surface area contributed by atoms with Crippen LogP contribution in [0.2, 0.25) is 0 Å². The molecule has 102 valence electrons. The van der Waals surface area contributed by atoms with Crippen molar-refractivity contribution in [1.82, 2.24) is 10.3 Å². The van der Waals surface area contributed by atoms with E-state index in [0.29, 0.717) is 0 Å². The van der Waals surface area contributed by atoms with E-state index in [-0.39, 0.29) is 12.5 Å².